The molecule has 0 aliphatic carbocycles. The summed E-state index contributed by atoms with van der Waals surface area (Å²) in [6.07, 6.45) is 11.5. The van der Waals surface area contributed by atoms with Crippen LogP contribution in [0.1, 0.15) is 71.8 Å². The van der Waals surface area contributed by atoms with E-state index >= 15 is 0 Å². The molecule has 1 unspecified atom stereocenters. The normalized spacial score (nSPS) is 11.6. The lowest BCUT2D eigenvalue weighted by atomic mass is 10.00. The fraction of sp³-hybridized carbons (Fsp3) is 0.542. The number of carbonyl (C=O) groups is 1. The number of allylic oxidation sites excluding steroid dienone is 2. The van der Waals surface area contributed by atoms with Crippen LogP contribution in [0, 0.1) is 0 Å². The molecule has 3 nitrogen and oxygen atoms in total. The molecule has 0 aliphatic rings. The molecule has 3 heteroatoms. The Labute approximate surface area is 166 Å². The van der Waals surface area contributed by atoms with Gasteiger partial charge >= 0.3 is 0 Å². The van der Waals surface area contributed by atoms with Crippen molar-refractivity contribution in [2.24, 2.45) is 0 Å². The maximum absolute atomic E-state index is 9.97. The van der Waals surface area contributed by atoms with Gasteiger partial charge < -0.3 is 15.0 Å². The highest BCUT2D eigenvalue weighted by molar-refractivity contribution is 5.54. The topological polar surface area (TPSA) is 57.5 Å². The van der Waals surface area contributed by atoms with E-state index in [0.717, 1.165) is 31.1 Å². The molecule has 0 fully saturated rings. The molecule has 1 aromatic carbocycles. The summed E-state index contributed by atoms with van der Waals surface area (Å²) >= 11 is 0. The van der Waals surface area contributed by atoms with Crippen LogP contribution >= 0.6 is 0 Å². The van der Waals surface area contributed by atoms with Crippen LogP contribution in [-0.2, 0) is 11.2 Å². The molecule has 0 spiro atoms. The van der Waals surface area contributed by atoms with E-state index in [1.807, 2.05) is 30.3 Å². The molecule has 0 aliphatic heterocycles. The lowest BCUT2D eigenvalue weighted by Gasteiger charge is -2.16. The largest absolute Gasteiger partial charge is 0.396 e. The molecule has 0 heterocycles. The van der Waals surface area contributed by atoms with Crippen LogP contribution in [0.3, 0.4) is 0 Å². The van der Waals surface area contributed by atoms with Gasteiger partial charge in [-0.25, -0.2) is 0 Å². The number of aliphatic hydroxyl groups is 2. The van der Waals surface area contributed by atoms with Gasteiger partial charge in [0.25, 0.3) is 0 Å². The summed E-state index contributed by atoms with van der Waals surface area (Å²) in [6.45, 7) is 12.0. The number of carbonyl (C=O) groups excluding carboxylic acids is 1. The van der Waals surface area contributed by atoms with E-state index < -0.39 is 5.60 Å². The van der Waals surface area contributed by atoms with Gasteiger partial charge in [0, 0.05) is 13.0 Å². The molecule has 1 aromatic rings. The van der Waals surface area contributed by atoms with Crippen LogP contribution in [-0.4, -0.2) is 28.7 Å². The monoisotopic (exact) mass is 376 g/mol. The zero-order valence-corrected chi connectivity index (χ0v) is 17.8. The summed E-state index contributed by atoms with van der Waals surface area (Å²) in [6, 6.07) is 9.68. The first-order chi connectivity index (χ1) is 12.8. The van der Waals surface area contributed by atoms with Crippen LogP contribution < -0.4 is 0 Å². The van der Waals surface area contributed by atoms with Gasteiger partial charge in [-0.3, -0.25) is 0 Å². The Morgan fingerprint density at radius 2 is 1.78 bits per heavy atom. The van der Waals surface area contributed by atoms with Crippen LogP contribution in [0.2, 0.25) is 0 Å². The van der Waals surface area contributed by atoms with Crippen molar-refractivity contribution in [3.05, 3.63) is 60.2 Å². The second-order valence-corrected chi connectivity index (χ2v) is 7.02. The third-order valence-corrected chi connectivity index (χ3v) is 3.82. The van der Waals surface area contributed by atoms with Crippen molar-refractivity contribution in [3.63, 3.8) is 0 Å². The van der Waals surface area contributed by atoms with Crippen LogP contribution in [0.5, 0.6) is 0 Å². The molecule has 0 saturated carbocycles. The minimum atomic E-state index is -0.702. The van der Waals surface area contributed by atoms with Crippen LogP contribution in [0.25, 0.3) is 0 Å². The van der Waals surface area contributed by atoms with Gasteiger partial charge in [0.1, 0.15) is 6.29 Å². The minimum Gasteiger partial charge on any atom is -0.396 e. The second kappa shape index (κ2) is 19.1. The van der Waals surface area contributed by atoms with Crippen molar-refractivity contribution in [2.45, 2.75) is 78.2 Å². The third kappa shape index (κ3) is 22.2. The van der Waals surface area contributed by atoms with E-state index in [1.165, 1.54) is 24.8 Å². The van der Waals surface area contributed by atoms with E-state index in [4.69, 9.17) is 5.11 Å². The summed E-state index contributed by atoms with van der Waals surface area (Å²) in [5.74, 6) is 0. The second-order valence-electron chi connectivity index (χ2n) is 7.02. The van der Waals surface area contributed by atoms with E-state index in [0.29, 0.717) is 13.0 Å². The average molecular weight is 377 g/mol. The fourth-order valence-electron chi connectivity index (χ4n) is 2.00. The summed E-state index contributed by atoms with van der Waals surface area (Å²) < 4.78 is 0. The van der Waals surface area contributed by atoms with Crippen LogP contribution in [0.15, 0.2) is 54.6 Å². The third-order valence-electron chi connectivity index (χ3n) is 3.82. The molecule has 0 amide bonds. The molecule has 0 radical (unpaired) electrons. The highest BCUT2D eigenvalue weighted by atomic mass is 16.3. The van der Waals surface area contributed by atoms with Gasteiger partial charge in [-0.15, -0.1) is 6.58 Å². The standard InChI is InChI=1S/C10H18O.C8H8O.C6H14O/c1-5-10(4,11)8-6-7-9(2)3;9-7-6-8-4-2-1-3-5-8;1-2-3-4-5-6-7/h5,7,11H,1,6,8H2,2-4H3;1-5,7H,6H2;7H,2-6H2,1H3. The Hall–Kier alpha value is -1.71. The number of unbranched alkanes of at least 4 members (excludes halogenated alkanes) is 3. The van der Waals surface area contributed by atoms with Crippen molar-refractivity contribution in [3.8, 4) is 0 Å². The maximum Gasteiger partial charge on any atom is 0.124 e. The molecule has 1 atom stereocenters. The molecule has 0 saturated heterocycles. The lowest BCUT2D eigenvalue weighted by Crippen LogP contribution is -2.19. The SMILES string of the molecule is C=CC(C)(O)CCC=C(C)C.CCCCCCO.O=CCc1ccccc1. The van der Waals surface area contributed by atoms with Crippen molar-refractivity contribution < 1.29 is 15.0 Å². The zero-order chi connectivity index (χ0) is 21.0. The first-order valence-corrected chi connectivity index (χ1v) is 9.90. The molecule has 0 aromatic heterocycles. The Bertz CT molecular complexity index is 482. The van der Waals surface area contributed by atoms with E-state index in [1.54, 1.807) is 13.0 Å². The van der Waals surface area contributed by atoms with Crippen molar-refractivity contribution in [1.82, 2.24) is 0 Å². The number of rotatable bonds is 10. The van der Waals surface area contributed by atoms with Gasteiger partial charge in [0.2, 0.25) is 0 Å². The molecular weight excluding hydrogens is 336 g/mol. The Kier molecular flexibility index (Phi) is 19.4. The van der Waals surface area contributed by atoms with Gasteiger partial charge in [-0.2, -0.15) is 0 Å². The number of aliphatic hydroxyl groups excluding tert-OH is 1. The Morgan fingerprint density at radius 1 is 1.15 bits per heavy atom. The maximum atomic E-state index is 9.97. The van der Waals surface area contributed by atoms with Gasteiger partial charge in [-0.05, 0) is 45.6 Å². The van der Waals surface area contributed by atoms with E-state index in [-0.39, 0.29) is 0 Å². The van der Waals surface area contributed by atoms with E-state index in [9.17, 15) is 9.90 Å². The Balaban J connectivity index is 0. The highest BCUT2D eigenvalue weighted by Gasteiger charge is 2.12. The van der Waals surface area contributed by atoms with Gasteiger partial charge in [0.05, 0.1) is 5.60 Å². The number of hydrogen-bond donors (Lipinski definition) is 2. The predicted molar refractivity (Wildman–Crippen MR) is 117 cm³/mol. The quantitative estimate of drug-likeness (QED) is 0.315. The Morgan fingerprint density at radius 3 is 2.22 bits per heavy atom. The zero-order valence-electron chi connectivity index (χ0n) is 17.8. The first-order valence-electron chi connectivity index (χ1n) is 9.90. The summed E-state index contributed by atoms with van der Waals surface area (Å²) in [4.78, 5) is 9.97. The molecule has 1 rings (SSSR count). The van der Waals surface area contributed by atoms with E-state index in [2.05, 4.69) is 33.4 Å². The minimum absolute atomic E-state index is 0.361. The number of benzene rings is 1. The summed E-state index contributed by atoms with van der Waals surface area (Å²) in [5, 5.41) is 17.8. The van der Waals surface area contributed by atoms with Gasteiger partial charge in [-0.1, -0.05) is 74.2 Å². The molecular formula is C24H40O3. The smallest absolute Gasteiger partial charge is 0.124 e. The molecule has 0 bridgehead atoms. The van der Waals surface area contributed by atoms with Crippen molar-refractivity contribution in [2.75, 3.05) is 6.61 Å². The van der Waals surface area contributed by atoms with Crippen LogP contribution in [0.4, 0.5) is 0 Å². The first kappa shape index (κ1) is 27.5. The molecule has 27 heavy (non-hydrogen) atoms. The summed E-state index contributed by atoms with van der Waals surface area (Å²) in [5.41, 5.74) is 1.67. The molecule has 2 N–H and O–H groups in total. The van der Waals surface area contributed by atoms with Crippen molar-refractivity contribution >= 4 is 6.29 Å². The number of aldehydes is 1. The molecule has 154 valence electrons. The van der Waals surface area contributed by atoms with Crippen molar-refractivity contribution in [1.29, 1.82) is 0 Å². The van der Waals surface area contributed by atoms with Gasteiger partial charge in [0.15, 0.2) is 0 Å². The summed E-state index contributed by atoms with van der Waals surface area (Å²) in [7, 11) is 0. The lowest BCUT2D eigenvalue weighted by molar-refractivity contribution is -0.107. The fourth-order valence-corrected chi connectivity index (χ4v) is 2.00. The predicted octanol–water partition coefficient (Wildman–Crippen LogP) is 5.66. The average Bonchev–Trinajstić information content (AvgIpc) is 2.64. The number of hydrogen-bond acceptors (Lipinski definition) is 3. The highest BCUT2D eigenvalue weighted by Crippen LogP contribution is 2.13.